The van der Waals surface area contributed by atoms with Crippen LogP contribution in [-0.4, -0.2) is 79.8 Å². The van der Waals surface area contributed by atoms with Crippen LogP contribution in [0.1, 0.15) is 16.7 Å². The maximum atomic E-state index is 12.7. The lowest BCUT2D eigenvalue weighted by atomic mass is 10.1. The lowest BCUT2D eigenvalue weighted by Crippen LogP contribution is -2.51. The lowest BCUT2D eigenvalue weighted by Gasteiger charge is -2.34. The SMILES string of the molecule is O=C(NCc1ccccc1CN1CCOCC1)N1CCN(CCc2ccccc2)CC1. The van der Waals surface area contributed by atoms with E-state index in [4.69, 9.17) is 4.74 Å². The van der Waals surface area contributed by atoms with Crippen LogP contribution in [-0.2, 0) is 24.2 Å². The van der Waals surface area contributed by atoms with Crippen molar-refractivity contribution in [2.75, 3.05) is 59.0 Å². The van der Waals surface area contributed by atoms with Crippen molar-refractivity contribution >= 4 is 6.03 Å². The van der Waals surface area contributed by atoms with Gasteiger partial charge in [0, 0.05) is 58.9 Å². The summed E-state index contributed by atoms with van der Waals surface area (Å²) in [5, 5.41) is 3.14. The Balaban J connectivity index is 1.21. The van der Waals surface area contributed by atoms with E-state index in [-0.39, 0.29) is 6.03 Å². The van der Waals surface area contributed by atoms with Gasteiger partial charge in [0.05, 0.1) is 13.2 Å². The molecule has 2 aliphatic rings. The van der Waals surface area contributed by atoms with Crippen LogP contribution in [0.2, 0.25) is 0 Å². The first-order valence-corrected chi connectivity index (χ1v) is 11.4. The number of urea groups is 1. The van der Waals surface area contributed by atoms with E-state index in [0.717, 1.165) is 72.0 Å². The molecule has 2 aromatic rings. The molecule has 0 spiro atoms. The van der Waals surface area contributed by atoms with Crippen molar-refractivity contribution in [3.05, 3.63) is 71.3 Å². The minimum atomic E-state index is 0.0453. The summed E-state index contributed by atoms with van der Waals surface area (Å²) in [6.45, 7) is 9.53. The number of carbonyl (C=O) groups is 1. The quantitative estimate of drug-likeness (QED) is 0.745. The molecule has 2 heterocycles. The highest BCUT2D eigenvalue weighted by Gasteiger charge is 2.21. The Morgan fingerprint density at radius 1 is 0.806 bits per heavy atom. The Morgan fingerprint density at radius 3 is 2.23 bits per heavy atom. The van der Waals surface area contributed by atoms with Crippen molar-refractivity contribution in [1.82, 2.24) is 20.0 Å². The van der Waals surface area contributed by atoms with Crippen LogP contribution in [0.25, 0.3) is 0 Å². The van der Waals surface area contributed by atoms with Crippen LogP contribution in [0.15, 0.2) is 54.6 Å². The van der Waals surface area contributed by atoms with Gasteiger partial charge in [-0.2, -0.15) is 0 Å². The first kappa shape index (κ1) is 21.8. The molecule has 1 N–H and O–H groups in total. The smallest absolute Gasteiger partial charge is 0.317 e. The van der Waals surface area contributed by atoms with Gasteiger partial charge in [-0.05, 0) is 23.1 Å². The van der Waals surface area contributed by atoms with Crippen LogP contribution in [0, 0.1) is 0 Å². The van der Waals surface area contributed by atoms with Gasteiger partial charge in [0.25, 0.3) is 0 Å². The van der Waals surface area contributed by atoms with Gasteiger partial charge in [-0.25, -0.2) is 4.79 Å². The van der Waals surface area contributed by atoms with Crippen molar-refractivity contribution in [3.63, 3.8) is 0 Å². The third kappa shape index (κ3) is 6.53. The number of nitrogens with zero attached hydrogens (tertiary/aromatic N) is 3. The highest BCUT2D eigenvalue weighted by Crippen LogP contribution is 2.13. The molecule has 4 rings (SSSR count). The number of amides is 2. The second-order valence-corrected chi connectivity index (χ2v) is 8.38. The maximum absolute atomic E-state index is 12.7. The maximum Gasteiger partial charge on any atom is 0.317 e. The minimum absolute atomic E-state index is 0.0453. The van der Waals surface area contributed by atoms with Gasteiger partial charge in [0.1, 0.15) is 0 Å². The largest absolute Gasteiger partial charge is 0.379 e. The minimum Gasteiger partial charge on any atom is -0.379 e. The molecule has 0 aliphatic carbocycles. The molecule has 6 nitrogen and oxygen atoms in total. The van der Waals surface area contributed by atoms with Gasteiger partial charge in [0.15, 0.2) is 0 Å². The monoisotopic (exact) mass is 422 g/mol. The van der Waals surface area contributed by atoms with Crippen LogP contribution in [0.4, 0.5) is 4.79 Å². The average molecular weight is 423 g/mol. The highest BCUT2D eigenvalue weighted by atomic mass is 16.5. The highest BCUT2D eigenvalue weighted by molar-refractivity contribution is 5.74. The molecule has 2 aromatic carbocycles. The van der Waals surface area contributed by atoms with Crippen molar-refractivity contribution in [1.29, 1.82) is 0 Å². The summed E-state index contributed by atoms with van der Waals surface area (Å²) in [5.41, 5.74) is 3.86. The molecular weight excluding hydrogens is 388 g/mol. The fraction of sp³-hybridized carbons (Fsp3) is 0.480. The van der Waals surface area contributed by atoms with E-state index < -0.39 is 0 Å². The molecule has 6 heteroatoms. The zero-order valence-electron chi connectivity index (χ0n) is 18.3. The predicted octanol–water partition coefficient (Wildman–Crippen LogP) is 2.59. The third-order valence-corrected chi connectivity index (χ3v) is 6.27. The first-order chi connectivity index (χ1) is 15.3. The van der Waals surface area contributed by atoms with E-state index in [1.54, 1.807) is 0 Å². The van der Waals surface area contributed by atoms with E-state index >= 15 is 0 Å². The number of morpholine rings is 1. The first-order valence-electron chi connectivity index (χ1n) is 11.4. The van der Waals surface area contributed by atoms with Crippen molar-refractivity contribution in [3.8, 4) is 0 Å². The molecule has 31 heavy (non-hydrogen) atoms. The van der Waals surface area contributed by atoms with E-state index in [1.807, 2.05) is 4.90 Å². The van der Waals surface area contributed by atoms with Crippen LogP contribution < -0.4 is 5.32 Å². The predicted molar refractivity (Wildman–Crippen MR) is 123 cm³/mol. The fourth-order valence-electron chi connectivity index (χ4n) is 4.27. The van der Waals surface area contributed by atoms with Crippen molar-refractivity contribution in [2.45, 2.75) is 19.5 Å². The summed E-state index contributed by atoms with van der Waals surface area (Å²) in [6.07, 6.45) is 1.06. The molecule has 0 bridgehead atoms. The van der Waals surface area contributed by atoms with Gasteiger partial charge >= 0.3 is 6.03 Å². The molecule has 0 radical (unpaired) electrons. The molecule has 0 unspecified atom stereocenters. The molecule has 166 valence electrons. The Bertz CT molecular complexity index is 815. The average Bonchev–Trinajstić information content (AvgIpc) is 2.84. The van der Waals surface area contributed by atoms with Crippen LogP contribution >= 0.6 is 0 Å². The molecule has 0 atom stereocenters. The van der Waals surface area contributed by atoms with Crippen molar-refractivity contribution in [2.24, 2.45) is 0 Å². The number of rotatable bonds is 7. The Hall–Kier alpha value is -2.41. The number of hydrogen-bond donors (Lipinski definition) is 1. The Labute approximate surface area is 185 Å². The third-order valence-electron chi connectivity index (χ3n) is 6.27. The van der Waals surface area contributed by atoms with Crippen LogP contribution in [0.3, 0.4) is 0 Å². The van der Waals surface area contributed by atoms with Gasteiger partial charge in [-0.15, -0.1) is 0 Å². The summed E-state index contributed by atoms with van der Waals surface area (Å²) in [7, 11) is 0. The number of carbonyl (C=O) groups excluding carboxylic acids is 1. The summed E-state index contributed by atoms with van der Waals surface area (Å²) in [4.78, 5) is 19.5. The number of piperazine rings is 1. The summed E-state index contributed by atoms with van der Waals surface area (Å²) in [5.74, 6) is 0. The topological polar surface area (TPSA) is 48.1 Å². The molecule has 2 fully saturated rings. The number of hydrogen-bond acceptors (Lipinski definition) is 4. The zero-order chi connectivity index (χ0) is 21.3. The summed E-state index contributed by atoms with van der Waals surface area (Å²) in [6, 6.07) is 19.1. The Morgan fingerprint density at radius 2 is 1.48 bits per heavy atom. The van der Waals surface area contributed by atoms with E-state index in [1.165, 1.54) is 16.7 Å². The second kappa shape index (κ2) is 11.3. The van der Waals surface area contributed by atoms with E-state index in [9.17, 15) is 4.79 Å². The van der Waals surface area contributed by atoms with Crippen LogP contribution in [0.5, 0.6) is 0 Å². The summed E-state index contributed by atoms with van der Waals surface area (Å²) < 4.78 is 5.45. The second-order valence-electron chi connectivity index (χ2n) is 8.38. The molecule has 2 aliphatic heterocycles. The number of nitrogens with one attached hydrogen (secondary N) is 1. The number of benzene rings is 2. The molecule has 0 saturated carbocycles. The molecule has 2 saturated heterocycles. The zero-order valence-corrected chi connectivity index (χ0v) is 18.3. The summed E-state index contributed by atoms with van der Waals surface area (Å²) >= 11 is 0. The fourth-order valence-corrected chi connectivity index (χ4v) is 4.27. The standard InChI is InChI=1S/C25H34N4O2/c30-25(29-14-12-27(13-15-29)11-10-22-6-2-1-3-7-22)26-20-23-8-4-5-9-24(23)21-28-16-18-31-19-17-28/h1-9H,10-21H2,(H,26,30). The van der Waals surface area contributed by atoms with Gasteiger partial charge in [0.2, 0.25) is 0 Å². The van der Waals surface area contributed by atoms with Crippen molar-refractivity contribution < 1.29 is 9.53 Å². The Kier molecular flexibility index (Phi) is 7.93. The number of ether oxygens (including phenoxy) is 1. The molecule has 0 aromatic heterocycles. The van der Waals surface area contributed by atoms with Gasteiger partial charge in [-0.3, -0.25) is 9.80 Å². The van der Waals surface area contributed by atoms with Gasteiger partial charge < -0.3 is 15.0 Å². The van der Waals surface area contributed by atoms with E-state index in [2.05, 4.69) is 69.7 Å². The lowest BCUT2D eigenvalue weighted by molar-refractivity contribution is 0.0340. The molecular formula is C25H34N4O2. The normalized spacial score (nSPS) is 18.1. The molecule has 2 amide bonds. The van der Waals surface area contributed by atoms with E-state index in [0.29, 0.717) is 6.54 Å². The van der Waals surface area contributed by atoms with Gasteiger partial charge in [-0.1, -0.05) is 54.6 Å².